The average Bonchev–Trinajstić information content (AvgIpc) is 2.89. The van der Waals surface area contributed by atoms with Gasteiger partial charge in [0.05, 0.1) is 12.1 Å². The molecule has 4 rings (SSSR count). The van der Waals surface area contributed by atoms with Crippen molar-refractivity contribution < 1.29 is 22.9 Å². The third-order valence-corrected chi connectivity index (χ3v) is 5.28. The van der Waals surface area contributed by atoms with Gasteiger partial charge in [-0.1, -0.05) is 42.5 Å². The normalized spacial score (nSPS) is 13.3. The number of aromatic nitrogens is 2. The zero-order chi connectivity index (χ0) is 20.2. The zero-order valence-corrected chi connectivity index (χ0v) is 18.2. The van der Waals surface area contributed by atoms with Gasteiger partial charge in [0.2, 0.25) is 5.78 Å². The lowest BCUT2D eigenvalue weighted by Crippen LogP contribution is -2.41. The molecule has 0 N–H and O–H groups in total. The van der Waals surface area contributed by atoms with Gasteiger partial charge in [-0.2, -0.15) is 8.78 Å². The standard InChI is InChI=1S/C23H23F2N2O2.BrH/c24-23(25)29-21-12-7-6-11-18(21)20(28)16-26-15-19(17-9-3-1-4-10-17)27-14-8-2-5-13-22(26)27;/h1,3-4,6-7,9-12,15,23H,2,5,8,13-14,16H2;1H/q+1;. The Kier molecular flexibility index (Phi) is 7.37. The second kappa shape index (κ2) is 9.98. The Balaban J connectivity index is 0.00000256. The summed E-state index contributed by atoms with van der Waals surface area (Å²) in [4.78, 5) is 13.0. The van der Waals surface area contributed by atoms with Crippen LogP contribution in [-0.2, 0) is 19.5 Å². The van der Waals surface area contributed by atoms with E-state index in [1.54, 1.807) is 12.1 Å². The first kappa shape index (κ1) is 22.2. The topological polar surface area (TPSA) is 35.1 Å². The van der Waals surface area contributed by atoms with Crippen LogP contribution in [0.2, 0.25) is 0 Å². The SMILES string of the molecule is Br.O=C(C[n+]1cc(-c2ccccc2)n2c1CCCCC2)c1ccccc1OC(F)F. The van der Waals surface area contributed by atoms with E-state index < -0.39 is 6.61 Å². The first-order valence-corrected chi connectivity index (χ1v) is 9.88. The van der Waals surface area contributed by atoms with Crippen molar-refractivity contribution >= 4 is 22.8 Å². The quantitative estimate of drug-likeness (QED) is 0.359. The molecule has 0 spiro atoms. The van der Waals surface area contributed by atoms with Crippen LogP contribution in [0.25, 0.3) is 11.3 Å². The highest BCUT2D eigenvalue weighted by Gasteiger charge is 2.28. The van der Waals surface area contributed by atoms with Crippen LogP contribution < -0.4 is 9.30 Å². The average molecular weight is 478 g/mol. The lowest BCUT2D eigenvalue weighted by molar-refractivity contribution is -0.690. The molecule has 2 aromatic carbocycles. The Morgan fingerprint density at radius 1 is 1.03 bits per heavy atom. The van der Waals surface area contributed by atoms with E-state index in [4.69, 9.17) is 0 Å². The fourth-order valence-electron chi connectivity index (χ4n) is 3.96. The smallest absolute Gasteiger partial charge is 0.387 e. The third kappa shape index (κ3) is 4.78. The predicted octanol–water partition coefficient (Wildman–Crippen LogP) is 5.23. The highest BCUT2D eigenvalue weighted by molar-refractivity contribution is 8.93. The number of nitrogens with zero attached hydrogens (tertiary/aromatic N) is 2. The van der Waals surface area contributed by atoms with E-state index in [0.717, 1.165) is 49.3 Å². The second-order valence-electron chi connectivity index (χ2n) is 7.18. The summed E-state index contributed by atoms with van der Waals surface area (Å²) in [6.07, 6.45) is 6.20. The zero-order valence-electron chi connectivity index (χ0n) is 16.5. The molecular formula is C23H24BrF2N2O2+. The number of ketones is 1. The number of hydrogen-bond acceptors (Lipinski definition) is 2. The maximum Gasteiger partial charge on any atom is 0.387 e. The van der Waals surface area contributed by atoms with Crippen LogP contribution in [0.15, 0.2) is 60.8 Å². The fraction of sp³-hybridized carbons (Fsp3) is 0.304. The molecule has 0 saturated heterocycles. The van der Waals surface area contributed by atoms with E-state index in [9.17, 15) is 13.6 Å². The number of benzene rings is 2. The van der Waals surface area contributed by atoms with Crippen LogP contribution >= 0.6 is 17.0 Å². The van der Waals surface area contributed by atoms with Crippen molar-refractivity contribution in [2.24, 2.45) is 0 Å². The van der Waals surface area contributed by atoms with Crippen LogP contribution in [0.1, 0.15) is 35.4 Å². The number of hydrogen-bond donors (Lipinski definition) is 0. The molecule has 0 radical (unpaired) electrons. The molecule has 2 heterocycles. The molecule has 3 aromatic rings. The Bertz CT molecular complexity index is 1010. The minimum atomic E-state index is -2.97. The molecule has 0 aliphatic carbocycles. The van der Waals surface area contributed by atoms with Gasteiger partial charge in [0.25, 0.3) is 5.82 Å². The van der Waals surface area contributed by atoms with Crippen LogP contribution in [0.5, 0.6) is 5.75 Å². The summed E-state index contributed by atoms with van der Waals surface area (Å²) < 4.78 is 34.2. The second-order valence-corrected chi connectivity index (χ2v) is 7.18. The summed E-state index contributed by atoms with van der Waals surface area (Å²) >= 11 is 0. The molecule has 1 aromatic heterocycles. The monoisotopic (exact) mass is 477 g/mol. The number of Topliss-reactive ketones (excluding diaryl/α,β-unsaturated/α-hetero) is 1. The number of imidazole rings is 1. The number of halogens is 3. The van der Waals surface area contributed by atoms with E-state index in [1.807, 2.05) is 29.0 Å². The minimum absolute atomic E-state index is 0. The van der Waals surface area contributed by atoms with Crippen LogP contribution in [0.4, 0.5) is 8.78 Å². The summed E-state index contributed by atoms with van der Waals surface area (Å²) in [5.41, 5.74) is 2.35. The van der Waals surface area contributed by atoms with Crippen LogP contribution in [0, 0.1) is 0 Å². The van der Waals surface area contributed by atoms with Crippen molar-refractivity contribution in [3.05, 3.63) is 72.2 Å². The summed E-state index contributed by atoms with van der Waals surface area (Å²) in [6.45, 7) is -1.97. The maximum atomic E-state index is 13.0. The molecular weight excluding hydrogens is 454 g/mol. The van der Waals surface area contributed by atoms with Crippen molar-refractivity contribution in [1.29, 1.82) is 0 Å². The third-order valence-electron chi connectivity index (χ3n) is 5.28. The van der Waals surface area contributed by atoms with Gasteiger partial charge in [0.1, 0.15) is 11.9 Å². The van der Waals surface area contributed by atoms with Crippen molar-refractivity contribution in [2.45, 2.75) is 45.4 Å². The molecule has 0 amide bonds. The number of carbonyl (C=O) groups is 1. The number of rotatable bonds is 6. The molecule has 1 aliphatic rings. The molecule has 0 bridgehead atoms. The highest BCUT2D eigenvalue weighted by Crippen LogP contribution is 2.25. The van der Waals surface area contributed by atoms with E-state index in [1.165, 1.54) is 12.1 Å². The van der Waals surface area contributed by atoms with E-state index in [-0.39, 0.29) is 40.6 Å². The van der Waals surface area contributed by atoms with Gasteiger partial charge >= 0.3 is 6.61 Å². The lowest BCUT2D eigenvalue weighted by Gasteiger charge is -2.09. The molecule has 4 nitrogen and oxygen atoms in total. The van der Waals surface area contributed by atoms with Crippen LogP contribution in [-0.4, -0.2) is 17.0 Å². The Morgan fingerprint density at radius 2 is 1.77 bits per heavy atom. The van der Waals surface area contributed by atoms with Crippen molar-refractivity contribution in [1.82, 2.24) is 4.57 Å². The van der Waals surface area contributed by atoms with Gasteiger partial charge in [-0.15, -0.1) is 17.0 Å². The number of ether oxygens (including phenoxy) is 1. The minimum Gasteiger partial charge on any atom is -0.434 e. The molecule has 30 heavy (non-hydrogen) atoms. The Morgan fingerprint density at radius 3 is 2.53 bits per heavy atom. The summed E-state index contributed by atoms with van der Waals surface area (Å²) in [5, 5.41) is 0. The molecule has 0 fully saturated rings. The van der Waals surface area contributed by atoms with Gasteiger partial charge in [0.15, 0.2) is 12.2 Å². The summed E-state index contributed by atoms with van der Waals surface area (Å²) in [6, 6.07) is 16.3. The number of carbonyl (C=O) groups excluding carboxylic acids is 1. The Hall–Kier alpha value is -2.54. The van der Waals surface area contributed by atoms with Crippen molar-refractivity contribution in [3.63, 3.8) is 0 Å². The largest absolute Gasteiger partial charge is 0.434 e. The van der Waals surface area contributed by atoms with Gasteiger partial charge < -0.3 is 4.74 Å². The molecule has 158 valence electrons. The number of fused-ring (bicyclic) bond motifs is 1. The number of para-hydroxylation sites is 1. The molecule has 7 heteroatoms. The molecule has 0 saturated carbocycles. The van der Waals surface area contributed by atoms with Crippen LogP contribution in [0.3, 0.4) is 0 Å². The van der Waals surface area contributed by atoms with Crippen molar-refractivity contribution in [3.8, 4) is 17.0 Å². The van der Waals surface area contributed by atoms with Gasteiger partial charge in [-0.25, -0.2) is 9.13 Å². The lowest BCUT2D eigenvalue weighted by atomic mass is 10.1. The Labute approximate surface area is 184 Å². The first-order valence-electron chi connectivity index (χ1n) is 9.88. The fourth-order valence-corrected chi connectivity index (χ4v) is 3.96. The number of alkyl halides is 2. The van der Waals surface area contributed by atoms with Gasteiger partial charge in [-0.05, 0) is 31.4 Å². The first-order chi connectivity index (χ1) is 14.1. The summed E-state index contributed by atoms with van der Waals surface area (Å²) in [5.74, 6) is 0.771. The highest BCUT2D eigenvalue weighted by atomic mass is 79.9. The molecule has 1 aliphatic heterocycles. The van der Waals surface area contributed by atoms with E-state index >= 15 is 0 Å². The predicted molar refractivity (Wildman–Crippen MR) is 115 cm³/mol. The summed E-state index contributed by atoms with van der Waals surface area (Å²) in [7, 11) is 0. The van der Waals surface area contributed by atoms with E-state index in [0.29, 0.717) is 0 Å². The molecule has 0 atom stereocenters. The van der Waals surface area contributed by atoms with Crippen molar-refractivity contribution in [2.75, 3.05) is 0 Å². The molecule has 0 unspecified atom stereocenters. The van der Waals surface area contributed by atoms with Gasteiger partial charge in [-0.3, -0.25) is 4.79 Å². The van der Waals surface area contributed by atoms with E-state index in [2.05, 4.69) is 21.4 Å². The van der Waals surface area contributed by atoms with Gasteiger partial charge in [0, 0.05) is 12.0 Å². The maximum absolute atomic E-state index is 13.0.